The Morgan fingerprint density at radius 2 is 1.83 bits per heavy atom. The number of ether oxygens (including phenoxy) is 1. The summed E-state index contributed by atoms with van der Waals surface area (Å²) < 4.78 is 5.47. The first-order valence-corrected chi connectivity index (χ1v) is 11.4. The fraction of sp³-hybridized carbons (Fsp3) is 0.391. The lowest BCUT2D eigenvalue weighted by Gasteiger charge is -2.37. The minimum Gasteiger partial charge on any atom is -0.495 e. The van der Waals surface area contributed by atoms with Crippen LogP contribution < -0.4 is 14.5 Å². The molecule has 0 N–H and O–H groups in total. The SMILES string of the molecule is COc1ccccc1N1CCN(C(=O)[C@H]2CC(=O)N(c3cccc(SC)c3)C2)CC1. The van der Waals surface area contributed by atoms with Gasteiger partial charge in [0.1, 0.15) is 5.75 Å². The first kappa shape index (κ1) is 20.6. The molecule has 7 heteroatoms. The predicted molar refractivity (Wildman–Crippen MR) is 120 cm³/mol. The molecule has 2 fully saturated rings. The highest BCUT2D eigenvalue weighted by Crippen LogP contribution is 2.31. The molecule has 0 unspecified atom stereocenters. The van der Waals surface area contributed by atoms with Crippen LogP contribution in [0.3, 0.4) is 0 Å². The van der Waals surface area contributed by atoms with E-state index >= 15 is 0 Å². The summed E-state index contributed by atoms with van der Waals surface area (Å²) in [6.07, 6.45) is 2.30. The smallest absolute Gasteiger partial charge is 0.228 e. The summed E-state index contributed by atoms with van der Waals surface area (Å²) in [5.74, 6) is 0.695. The number of thioether (sulfide) groups is 1. The van der Waals surface area contributed by atoms with Gasteiger partial charge in [-0.25, -0.2) is 0 Å². The highest BCUT2D eigenvalue weighted by atomic mass is 32.2. The van der Waals surface area contributed by atoms with Gasteiger partial charge in [-0.15, -0.1) is 11.8 Å². The lowest BCUT2D eigenvalue weighted by Crippen LogP contribution is -2.50. The lowest BCUT2D eigenvalue weighted by atomic mass is 10.1. The van der Waals surface area contributed by atoms with Gasteiger partial charge in [0.15, 0.2) is 0 Å². The average molecular weight is 426 g/mol. The van der Waals surface area contributed by atoms with E-state index < -0.39 is 0 Å². The topological polar surface area (TPSA) is 53.1 Å². The average Bonchev–Trinajstić information content (AvgIpc) is 3.20. The number of rotatable bonds is 5. The van der Waals surface area contributed by atoms with Crippen molar-refractivity contribution in [3.63, 3.8) is 0 Å². The minimum absolute atomic E-state index is 0.0271. The van der Waals surface area contributed by atoms with E-state index in [0.29, 0.717) is 19.6 Å². The second-order valence-electron chi connectivity index (χ2n) is 7.59. The zero-order valence-electron chi connectivity index (χ0n) is 17.4. The van der Waals surface area contributed by atoms with E-state index in [1.165, 1.54) is 0 Å². The van der Waals surface area contributed by atoms with Gasteiger partial charge >= 0.3 is 0 Å². The van der Waals surface area contributed by atoms with E-state index in [0.717, 1.165) is 35.1 Å². The molecule has 2 saturated heterocycles. The van der Waals surface area contributed by atoms with Gasteiger partial charge in [-0.05, 0) is 36.6 Å². The van der Waals surface area contributed by atoms with Crippen molar-refractivity contribution in [2.45, 2.75) is 11.3 Å². The number of piperazine rings is 1. The molecular formula is C23H27N3O3S. The van der Waals surface area contributed by atoms with Crippen LogP contribution in [-0.4, -0.2) is 62.8 Å². The number of hydrogen-bond donors (Lipinski definition) is 0. The summed E-state index contributed by atoms with van der Waals surface area (Å²) >= 11 is 1.65. The number of anilines is 2. The third-order valence-corrected chi connectivity index (χ3v) is 6.58. The Balaban J connectivity index is 1.38. The van der Waals surface area contributed by atoms with Crippen LogP contribution >= 0.6 is 11.8 Å². The monoisotopic (exact) mass is 425 g/mol. The fourth-order valence-corrected chi connectivity index (χ4v) is 4.67. The molecular weight excluding hydrogens is 398 g/mol. The van der Waals surface area contributed by atoms with Crippen molar-refractivity contribution >= 4 is 35.0 Å². The molecule has 2 aliphatic heterocycles. The lowest BCUT2D eigenvalue weighted by molar-refractivity contribution is -0.136. The van der Waals surface area contributed by atoms with Crippen LogP contribution in [0, 0.1) is 5.92 Å². The van der Waals surface area contributed by atoms with E-state index in [1.54, 1.807) is 23.8 Å². The van der Waals surface area contributed by atoms with Gasteiger partial charge < -0.3 is 19.4 Å². The van der Waals surface area contributed by atoms with E-state index in [1.807, 2.05) is 59.7 Å². The van der Waals surface area contributed by atoms with E-state index in [4.69, 9.17) is 4.74 Å². The summed E-state index contributed by atoms with van der Waals surface area (Å²) in [6, 6.07) is 15.9. The summed E-state index contributed by atoms with van der Waals surface area (Å²) in [6.45, 7) is 3.29. The Morgan fingerprint density at radius 1 is 1.07 bits per heavy atom. The Hall–Kier alpha value is -2.67. The molecule has 0 spiro atoms. The number of para-hydroxylation sites is 2. The fourth-order valence-electron chi connectivity index (χ4n) is 4.22. The van der Waals surface area contributed by atoms with Gasteiger partial charge in [-0.2, -0.15) is 0 Å². The Morgan fingerprint density at radius 3 is 2.57 bits per heavy atom. The van der Waals surface area contributed by atoms with Crippen molar-refractivity contribution in [3.05, 3.63) is 48.5 Å². The molecule has 2 amide bonds. The third-order valence-electron chi connectivity index (χ3n) is 5.86. The maximum absolute atomic E-state index is 13.1. The van der Waals surface area contributed by atoms with Crippen molar-refractivity contribution in [2.24, 2.45) is 5.92 Å². The van der Waals surface area contributed by atoms with Crippen LogP contribution in [0.1, 0.15) is 6.42 Å². The number of nitrogens with zero attached hydrogens (tertiary/aromatic N) is 3. The zero-order valence-corrected chi connectivity index (χ0v) is 18.2. The van der Waals surface area contributed by atoms with Crippen molar-refractivity contribution in [3.8, 4) is 5.75 Å². The summed E-state index contributed by atoms with van der Waals surface area (Å²) in [7, 11) is 1.68. The molecule has 0 aromatic heterocycles. The largest absolute Gasteiger partial charge is 0.495 e. The molecule has 0 bridgehead atoms. The molecule has 6 nitrogen and oxygen atoms in total. The van der Waals surface area contributed by atoms with Crippen molar-refractivity contribution in [1.82, 2.24) is 4.90 Å². The Labute approximate surface area is 181 Å². The molecule has 4 rings (SSSR count). The number of methoxy groups -OCH3 is 1. The first-order valence-electron chi connectivity index (χ1n) is 10.2. The molecule has 30 heavy (non-hydrogen) atoms. The number of carbonyl (C=O) groups is 2. The number of hydrogen-bond acceptors (Lipinski definition) is 5. The molecule has 2 aliphatic rings. The number of benzene rings is 2. The van der Waals surface area contributed by atoms with E-state index in [-0.39, 0.29) is 24.2 Å². The molecule has 0 aliphatic carbocycles. The minimum atomic E-state index is -0.270. The van der Waals surface area contributed by atoms with Gasteiger partial charge in [0.25, 0.3) is 0 Å². The van der Waals surface area contributed by atoms with Crippen molar-refractivity contribution < 1.29 is 14.3 Å². The maximum Gasteiger partial charge on any atom is 0.228 e. The Bertz CT molecular complexity index is 927. The van der Waals surface area contributed by atoms with Gasteiger partial charge in [-0.3, -0.25) is 9.59 Å². The molecule has 1 atom stereocenters. The second kappa shape index (κ2) is 9.00. The summed E-state index contributed by atoms with van der Waals surface area (Å²) in [5, 5.41) is 0. The highest BCUT2D eigenvalue weighted by Gasteiger charge is 2.38. The third kappa shape index (κ3) is 4.12. The van der Waals surface area contributed by atoms with Gasteiger partial charge in [-0.1, -0.05) is 18.2 Å². The molecule has 0 radical (unpaired) electrons. The van der Waals surface area contributed by atoms with Crippen LogP contribution in [-0.2, 0) is 9.59 Å². The van der Waals surface area contributed by atoms with Crippen LogP contribution in [0.25, 0.3) is 0 Å². The summed E-state index contributed by atoms with van der Waals surface area (Å²) in [5.41, 5.74) is 1.94. The first-order chi connectivity index (χ1) is 14.6. The quantitative estimate of drug-likeness (QED) is 0.689. The van der Waals surface area contributed by atoms with E-state index in [9.17, 15) is 9.59 Å². The maximum atomic E-state index is 13.1. The van der Waals surface area contributed by atoms with Crippen molar-refractivity contribution in [1.29, 1.82) is 0 Å². The molecule has 0 saturated carbocycles. The van der Waals surface area contributed by atoms with Crippen LogP contribution in [0.15, 0.2) is 53.4 Å². The normalized spacial score (nSPS) is 19.3. The van der Waals surface area contributed by atoms with Crippen LogP contribution in [0.5, 0.6) is 5.75 Å². The molecule has 2 heterocycles. The van der Waals surface area contributed by atoms with Gasteiger partial charge in [0.05, 0.1) is 18.7 Å². The van der Waals surface area contributed by atoms with Gasteiger partial charge in [0.2, 0.25) is 11.8 Å². The standard InChI is InChI=1S/C23H27N3O3S/c1-29-21-9-4-3-8-20(21)24-10-12-25(13-11-24)23(28)17-14-22(27)26(16-17)18-6-5-7-19(15-18)30-2/h3-9,15,17H,10-14,16H2,1-2H3/t17-/m0/s1. The molecule has 158 valence electrons. The molecule has 2 aromatic carbocycles. The van der Waals surface area contributed by atoms with Crippen molar-refractivity contribution in [2.75, 3.05) is 55.9 Å². The number of amides is 2. The number of carbonyl (C=O) groups excluding carboxylic acids is 2. The van der Waals surface area contributed by atoms with Crippen LogP contribution in [0.2, 0.25) is 0 Å². The second-order valence-corrected chi connectivity index (χ2v) is 8.47. The Kier molecular flexibility index (Phi) is 6.18. The van der Waals surface area contributed by atoms with Crippen LogP contribution in [0.4, 0.5) is 11.4 Å². The summed E-state index contributed by atoms with van der Waals surface area (Å²) in [4.78, 5) is 32.7. The van der Waals surface area contributed by atoms with E-state index in [2.05, 4.69) is 4.90 Å². The highest BCUT2D eigenvalue weighted by molar-refractivity contribution is 7.98. The van der Waals surface area contributed by atoms with Gasteiger partial charge in [0, 0.05) is 49.7 Å². The molecule has 2 aromatic rings. The zero-order chi connectivity index (χ0) is 21.1. The predicted octanol–water partition coefficient (Wildman–Crippen LogP) is 3.12.